The van der Waals surface area contributed by atoms with Crippen molar-refractivity contribution in [3.8, 4) is 0 Å². The van der Waals surface area contributed by atoms with Crippen molar-refractivity contribution in [1.29, 1.82) is 0 Å². The molecule has 2 fully saturated rings. The molecule has 13 heteroatoms. The van der Waals surface area contributed by atoms with Gasteiger partial charge in [-0.3, -0.25) is 4.79 Å². The summed E-state index contributed by atoms with van der Waals surface area (Å²) in [6.07, 6.45) is -2.63. The van der Waals surface area contributed by atoms with Crippen LogP contribution in [0.5, 0.6) is 0 Å². The van der Waals surface area contributed by atoms with Crippen LogP contribution in [0.15, 0.2) is 47.4 Å². The van der Waals surface area contributed by atoms with Gasteiger partial charge in [0.1, 0.15) is 4.75 Å². The van der Waals surface area contributed by atoms with Crippen molar-refractivity contribution in [3.05, 3.63) is 64.2 Å². The van der Waals surface area contributed by atoms with Gasteiger partial charge in [0.15, 0.2) is 9.84 Å². The van der Waals surface area contributed by atoms with Crippen molar-refractivity contribution in [1.82, 2.24) is 4.90 Å². The Kier molecular flexibility index (Phi) is 7.45. The molecule has 1 amide bonds. The van der Waals surface area contributed by atoms with Crippen molar-refractivity contribution >= 4 is 27.3 Å². The molecule has 0 spiro atoms. The molecule has 0 radical (unpaired) electrons. The van der Waals surface area contributed by atoms with E-state index in [1.807, 2.05) is 0 Å². The summed E-state index contributed by atoms with van der Waals surface area (Å²) in [5.41, 5.74) is -1.61. The van der Waals surface area contributed by atoms with Gasteiger partial charge in [-0.15, -0.1) is 0 Å². The Morgan fingerprint density at radius 3 is 2.15 bits per heavy atom. The molecule has 2 unspecified atom stereocenters. The predicted molar refractivity (Wildman–Crippen MR) is 137 cm³/mol. The molecule has 2 atom stereocenters. The van der Waals surface area contributed by atoms with Crippen LogP contribution >= 0.6 is 11.6 Å². The molecule has 1 saturated carbocycles. The molecule has 0 aromatic heterocycles. The van der Waals surface area contributed by atoms with Crippen LogP contribution in [0.1, 0.15) is 61.6 Å². The number of nitrogens with zero attached hydrogens (tertiary/aromatic N) is 1. The van der Waals surface area contributed by atoms with Crippen LogP contribution in [-0.4, -0.2) is 43.9 Å². The van der Waals surface area contributed by atoms with E-state index in [9.17, 15) is 43.9 Å². The quantitative estimate of drug-likeness (QED) is 0.325. The second-order valence-electron chi connectivity index (χ2n) is 11.0. The third-order valence-corrected chi connectivity index (χ3v) is 11.6. The van der Waals surface area contributed by atoms with Crippen molar-refractivity contribution < 1.29 is 43.9 Å². The minimum absolute atomic E-state index is 0.00294. The monoisotopic (exact) mass is 625 g/mol. The number of aryl methyl sites for hydroxylation is 1. The number of benzene rings is 2. The second kappa shape index (κ2) is 10.1. The number of amides is 1. The van der Waals surface area contributed by atoms with Gasteiger partial charge in [0, 0.05) is 23.0 Å². The molecule has 41 heavy (non-hydrogen) atoms. The summed E-state index contributed by atoms with van der Waals surface area (Å²) in [5, 5.41) is 0.264. The molecule has 0 N–H and O–H groups in total. The molecule has 2 aromatic carbocycles. The summed E-state index contributed by atoms with van der Waals surface area (Å²) in [7, 11) is -4.36. The fourth-order valence-electron chi connectivity index (χ4n) is 6.75. The number of rotatable bonds is 5. The van der Waals surface area contributed by atoms with Gasteiger partial charge in [-0.2, -0.15) is 30.7 Å². The highest BCUT2D eigenvalue weighted by Crippen LogP contribution is 2.56. The maximum Gasteiger partial charge on any atom is 0.460 e. The van der Waals surface area contributed by atoms with E-state index in [2.05, 4.69) is 0 Å². The molecule has 1 saturated heterocycles. The van der Waals surface area contributed by atoms with Gasteiger partial charge in [-0.05, 0) is 73.6 Å². The Bertz CT molecular complexity index is 1440. The Labute approximate surface area is 237 Å². The third-order valence-electron chi connectivity index (χ3n) is 8.84. The first-order chi connectivity index (χ1) is 19.1. The lowest BCUT2D eigenvalue weighted by atomic mass is 9.77. The zero-order chi connectivity index (χ0) is 30.0. The lowest BCUT2D eigenvalue weighted by Crippen LogP contribution is -2.53. The smallest absolute Gasteiger partial charge is 0.337 e. The van der Waals surface area contributed by atoms with E-state index < -0.39 is 44.2 Å². The number of halogens is 8. The van der Waals surface area contributed by atoms with Gasteiger partial charge in [0.2, 0.25) is 5.91 Å². The lowest BCUT2D eigenvalue weighted by Gasteiger charge is -2.43. The van der Waals surface area contributed by atoms with Crippen LogP contribution in [-0.2, 0) is 31.7 Å². The number of likely N-dealkylation sites (tertiary alicyclic amines) is 1. The molecule has 4 nitrogen and oxygen atoms in total. The van der Waals surface area contributed by atoms with Gasteiger partial charge in [-0.1, -0.05) is 43.0 Å². The SMILES string of the molecule is O=C(C1CCCCC1)N1CCC2(S(=O)(=O)c3ccc(Cl)cc3)c3ccc(C(F)(F)C(F)(F)C(F)(F)F)cc3CCC12. The van der Waals surface area contributed by atoms with Gasteiger partial charge in [-0.25, -0.2) is 8.42 Å². The number of carbonyl (C=O) groups is 1. The maximum atomic E-state index is 14.6. The summed E-state index contributed by atoms with van der Waals surface area (Å²) in [5.74, 6) is -12.4. The summed E-state index contributed by atoms with van der Waals surface area (Å²) >= 11 is 5.96. The first-order valence-corrected chi connectivity index (χ1v) is 15.2. The highest BCUT2D eigenvalue weighted by Gasteiger charge is 2.73. The summed E-state index contributed by atoms with van der Waals surface area (Å²) in [6, 6.07) is 6.33. The standard InChI is InChI=1S/C28H27ClF7NO3S/c29-20-8-10-21(11-9-20)41(39,40)25-14-15-37(24(38)17-4-2-1-3-5-17)23(25)13-6-18-16-19(7-12-22(18)25)26(30,31)27(32,33)28(34,35)36/h7-12,16-17,23H,1-6,13-15H2. The molecule has 224 valence electrons. The van der Waals surface area contributed by atoms with Crippen molar-refractivity contribution in [3.63, 3.8) is 0 Å². The second-order valence-corrected chi connectivity index (χ2v) is 13.7. The summed E-state index contributed by atoms with van der Waals surface area (Å²) in [4.78, 5) is 15.0. The van der Waals surface area contributed by atoms with Gasteiger partial charge >= 0.3 is 18.0 Å². The Morgan fingerprint density at radius 1 is 0.902 bits per heavy atom. The normalized spacial score (nSPS) is 24.2. The maximum absolute atomic E-state index is 14.6. The predicted octanol–water partition coefficient (Wildman–Crippen LogP) is 7.43. The topological polar surface area (TPSA) is 54.5 Å². The van der Waals surface area contributed by atoms with Crippen molar-refractivity contribution in [2.24, 2.45) is 5.92 Å². The number of alkyl halides is 7. The number of carbonyl (C=O) groups excluding carboxylic acids is 1. The van der Waals surface area contributed by atoms with E-state index in [4.69, 9.17) is 11.6 Å². The van der Waals surface area contributed by atoms with Crippen LogP contribution in [0.2, 0.25) is 5.02 Å². The van der Waals surface area contributed by atoms with Crippen molar-refractivity contribution in [2.45, 2.75) is 85.1 Å². The third kappa shape index (κ3) is 4.54. The molecule has 0 bridgehead atoms. The number of hydrogen-bond donors (Lipinski definition) is 0. The lowest BCUT2D eigenvalue weighted by molar-refractivity contribution is -0.359. The minimum Gasteiger partial charge on any atom is -0.337 e. The largest absolute Gasteiger partial charge is 0.460 e. The van der Waals surface area contributed by atoms with Gasteiger partial charge in [0.25, 0.3) is 0 Å². The first kappa shape index (κ1) is 30.1. The molecule has 2 aromatic rings. The fourth-order valence-corrected chi connectivity index (χ4v) is 9.25. The van der Waals surface area contributed by atoms with Crippen LogP contribution in [0, 0.1) is 5.92 Å². The van der Waals surface area contributed by atoms with Crippen molar-refractivity contribution in [2.75, 3.05) is 6.54 Å². The van der Waals surface area contributed by atoms with E-state index in [1.165, 1.54) is 24.3 Å². The molecule has 2 aliphatic carbocycles. The zero-order valence-corrected chi connectivity index (χ0v) is 23.2. The van der Waals surface area contributed by atoms with E-state index in [-0.39, 0.29) is 58.7 Å². The highest BCUT2D eigenvalue weighted by molar-refractivity contribution is 7.92. The Morgan fingerprint density at radius 2 is 1.54 bits per heavy atom. The molecular weight excluding hydrogens is 599 g/mol. The number of fused-ring (bicyclic) bond motifs is 3. The summed E-state index contributed by atoms with van der Waals surface area (Å²) < 4.78 is 123. The van der Waals surface area contributed by atoms with E-state index in [1.54, 1.807) is 4.90 Å². The van der Waals surface area contributed by atoms with Crippen LogP contribution in [0.3, 0.4) is 0 Å². The summed E-state index contributed by atoms with van der Waals surface area (Å²) in [6.45, 7) is 0.0658. The van der Waals surface area contributed by atoms with Gasteiger partial charge < -0.3 is 4.90 Å². The van der Waals surface area contributed by atoms with Gasteiger partial charge in [0.05, 0.1) is 10.9 Å². The molecule has 1 heterocycles. The minimum atomic E-state index is -6.51. The Hall–Kier alpha value is -2.34. The fraction of sp³-hybridized carbons (Fsp3) is 0.536. The molecule has 1 aliphatic heterocycles. The molecule has 3 aliphatic rings. The van der Waals surface area contributed by atoms with Crippen LogP contribution in [0.4, 0.5) is 30.7 Å². The first-order valence-electron chi connectivity index (χ1n) is 13.3. The zero-order valence-electron chi connectivity index (χ0n) is 21.7. The van der Waals surface area contributed by atoms with E-state index in [0.717, 1.165) is 25.3 Å². The average molecular weight is 626 g/mol. The highest BCUT2D eigenvalue weighted by atomic mass is 35.5. The average Bonchev–Trinajstić information content (AvgIpc) is 3.34. The number of sulfone groups is 1. The number of hydrogen-bond acceptors (Lipinski definition) is 3. The van der Waals surface area contributed by atoms with Crippen LogP contribution < -0.4 is 0 Å². The van der Waals surface area contributed by atoms with Crippen LogP contribution in [0.25, 0.3) is 0 Å². The molecule has 5 rings (SSSR count). The van der Waals surface area contributed by atoms with E-state index >= 15 is 0 Å². The molecular formula is C28H27ClF7NO3S. The Balaban J connectivity index is 1.64. The van der Waals surface area contributed by atoms with E-state index in [0.29, 0.717) is 25.0 Å².